The van der Waals surface area contributed by atoms with Crippen molar-refractivity contribution in [1.82, 2.24) is 10.6 Å². The van der Waals surface area contributed by atoms with E-state index in [1.807, 2.05) is 6.07 Å². The van der Waals surface area contributed by atoms with E-state index in [1.54, 1.807) is 25.5 Å². The molecule has 0 aliphatic carbocycles. The van der Waals surface area contributed by atoms with E-state index in [-0.39, 0.29) is 24.0 Å². The molecule has 1 unspecified atom stereocenters. The smallest absolute Gasteiger partial charge is 0.191 e. The number of methoxy groups -OCH3 is 1. The average Bonchev–Trinajstić information content (AvgIpc) is 3.10. The van der Waals surface area contributed by atoms with Gasteiger partial charge < -0.3 is 15.4 Å². The molecular weight excluding hydrogens is 433 g/mol. The molecule has 2 aromatic rings. The molecule has 24 heavy (non-hydrogen) atoms. The first-order valence-corrected chi connectivity index (χ1v) is 8.63. The highest BCUT2D eigenvalue weighted by atomic mass is 127. The minimum atomic E-state index is 0. The topological polar surface area (TPSA) is 45.7 Å². The number of nitrogens with zero attached hydrogens (tertiary/aromatic N) is 1. The summed E-state index contributed by atoms with van der Waals surface area (Å²) in [5.41, 5.74) is 2.31. The average molecular weight is 459 g/mol. The van der Waals surface area contributed by atoms with Gasteiger partial charge in [0.1, 0.15) is 5.75 Å². The summed E-state index contributed by atoms with van der Waals surface area (Å²) in [7, 11) is 3.49. The maximum atomic E-state index is 5.44. The van der Waals surface area contributed by atoms with Crippen LogP contribution in [-0.2, 0) is 6.54 Å². The minimum absolute atomic E-state index is 0. The Bertz CT molecular complexity index is 644. The molecule has 1 atom stereocenters. The molecule has 0 bridgehead atoms. The number of halogens is 1. The number of rotatable bonds is 6. The Labute approximate surface area is 165 Å². The SMILES string of the molecule is CN=C(NCc1ccc(C)cc1OC)NCC(C)c1cccs1.I. The van der Waals surface area contributed by atoms with Crippen LogP contribution in [0.5, 0.6) is 5.75 Å². The Morgan fingerprint density at radius 1 is 1.29 bits per heavy atom. The number of aryl methyl sites for hydroxylation is 1. The molecule has 1 aromatic carbocycles. The number of aliphatic imine (C=N–C) groups is 1. The second-order valence-electron chi connectivity index (χ2n) is 5.54. The fourth-order valence-corrected chi connectivity index (χ4v) is 3.11. The van der Waals surface area contributed by atoms with Crippen molar-refractivity contribution in [2.75, 3.05) is 20.7 Å². The summed E-state index contributed by atoms with van der Waals surface area (Å²) < 4.78 is 5.44. The summed E-state index contributed by atoms with van der Waals surface area (Å²) >= 11 is 1.79. The molecule has 6 heteroatoms. The summed E-state index contributed by atoms with van der Waals surface area (Å²) in [4.78, 5) is 5.67. The molecule has 0 fully saturated rings. The zero-order valence-corrected chi connectivity index (χ0v) is 17.8. The highest BCUT2D eigenvalue weighted by Crippen LogP contribution is 2.20. The first kappa shape index (κ1) is 20.8. The van der Waals surface area contributed by atoms with E-state index in [0.717, 1.165) is 23.8 Å². The molecule has 1 aromatic heterocycles. The minimum Gasteiger partial charge on any atom is -0.496 e. The second-order valence-corrected chi connectivity index (χ2v) is 6.52. The van der Waals surface area contributed by atoms with Gasteiger partial charge in [0.05, 0.1) is 7.11 Å². The summed E-state index contributed by atoms with van der Waals surface area (Å²) in [5.74, 6) is 2.17. The molecule has 0 aliphatic rings. The van der Waals surface area contributed by atoms with Gasteiger partial charge in [-0.1, -0.05) is 25.1 Å². The number of ether oxygens (including phenoxy) is 1. The van der Waals surface area contributed by atoms with Crippen LogP contribution in [0.2, 0.25) is 0 Å². The fraction of sp³-hybridized carbons (Fsp3) is 0.389. The quantitative estimate of drug-likeness (QED) is 0.388. The van der Waals surface area contributed by atoms with Crippen LogP contribution >= 0.6 is 35.3 Å². The van der Waals surface area contributed by atoms with Crippen LogP contribution in [0, 0.1) is 6.92 Å². The predicted octanol–water partition coefficient (Wildman–Crippen LogP) is 4.15. The third-order valence-corrected chi connectivity index (χ3v) is 4.82. The maximum Gasteiger partial charge on any atom is 0.191 e. The molecule has 2 N–H and O–H groups in total. The van der Waals surface area contributed by atoms with Gasteiger partial charge in [-0.2, -0.15) is 0 Å². The summed E-state index contributed by atoms with van der Waals surface area (Å²) in [6.07, 6.45) is 0. The Kier molecular flexibility index (Phi) is 9.13. The Morgan fingerprint density at radius 3 is 2.71 bits per heavy atom. The first-order chi connectivity index (χ1) is 11.1. The molecule has 0 aliphatic heterocycles. The van der Waals surface area contributed by atoms with Crippen LogP contribution in [0.25, 0.3) is 0 Å². The molecule has 4 nitrogen and oxygen atoms in total. The zero-order valence-electron chi connectivity index (χ0n) is 14.6. The number of hydrogen-bond donors (Lipinski definition) is 2. The van der Waals surface area contributed by atoms with E-state index in [0.29, 0.717) is 12.5 Å². The van der Waals surface area contributed by atoms with E-state index in [9.17, 15) is 0 Å². The van der Waals surface area contributed by atoms with Crippen molar-refractivity contribution in [3.8, 4) is 5.75 Å². The standard InChI is InChI=1S/C18H25N3OS.HI/c1-13-7-8-15(16(10-13)22-4)12-21-18(19-3)20-11-14(2)17-6-5-9-23-17;/h5-10,14H,11-12H2,1-4H3,(H2,19,20,21);1H. The van der Waals surface area contributed by atoms with Gasteiger partial charge in [0.2, 0.25) is 0 Å². The van der Waals surface area contributed by atoms with Crippen LogP contribution < -0.4 is 15.4 Å². The van der Waals surface area contributed by atoms with E-state index < -0.39 is 0 Å². The summed E-state index contributed by atoms with van der Waals surface area (Å²) in [6, 6.07) is 10.5. The van der Waals surface area contributed by atoms with Gasteiger partial charge in [0.15, 0.2) is 5.96 Å². The monoisotopic (exact) mass is 459 g/mol. The zero-order chi connectivity index (χ0) is 16.7. The van der Waals surface area contributed by atoms with Crippen molar-refractivity contribution >= 4 is 41.3 Å². The Balaban J connectivity index is 0.00000288. The Morgan fingerprint density at radius 2 is 2.08 bits per heavy atom. The molecule has 0 saturated carbocycles. The van der Waals surface area contributed by atoms with Crippen LogP contribution in [0.1, 0.15) is 28.8 Å². The van der Waals surface area contributed by atoms with Crippen molar-refractivity contribution in [2.24, 2.45) is 4.99 Å². The van der Waals surface area contributed by atoms with E-state index in [4.69, 9.17) is 4.74 Å². The van der Waals surface area contributed by atoms with Gasteiger partial charge in [-0.3, -0.25) is 4.99 Å². The van der Waals surface area contributed by atoms with Gasteiger partial charge in [0, 0.05) is 36.5 Å². The van der Waals surface area contributed by atoms with E-state index in [2.05, 4.69) is 59.1 Å². The van der Waals surface area contributed by atoms with Crippen LogP contribution in [0.15, 0.2) is 40.7 Å². The second kappa shape index (κ2) is 10.6. The lowest BCUT2D eigenvalue weighted by atomic mass is 10.1. The number of hydrogen-bond acceptors (Lipinski definition) is 3. The molecule has 0 amide bonds. The molecular formula is C18H26IN3OS. The Hall–Kier alpha value is -1.28. The van der Waals surface area contributed by atoms with Crippen molar-refractivity contribution in [3.05, 3.63) is 51.7 Å². The number of benzene rings is 1. The van der Waals surface area contributed by atoms with Crippen LogP contribution in [0.3, 0.4) is 0 Å². The number of nitrogens with one attached hydrogen (secondary N) is 2. The first-order valence-electron chi connectivity index (χ1n) is 7.75. The van der Waals surface area contributed by atoms with Crippen LogP contribution in [0.4, 0.5) is 0 Å². The largest absolute Gasteiger partial charge is 0.496 e. The van der Waals surface area contributed by atoms with Crippen molar-refractivity contribution < 1.29 is 4.74 Å². The lowest BCUT2D eigenvalue weighted by Gasteiger charge is -2.16. The van der Waals surface area contributed by atoms with E-state index in [1.165, 1.54) is 10.4 Å². The van der Waals surface area contributed by atoms with Crippen molar-refractivity contribution in [3.63, 3.8) is 0 Å². The molecule has 2 rings (SSSR count). The van der Waals surface area contributed by atoms with Crippen molar-refractivity contribution in [1.29, 1.82) is 0 Å². The molecule has 0 radical (unpaired) electrons. The van der Waals surface area contributed by atoms with Crippen molar-refractivity contribution in [2.45, 2.75) is 26.3 Å². The number of guanidine groups is 1. The molecule has 132 valence electrons. The van der Waals surface area contributed by atoms with Crippen LogP contribution in [-0.4, -0.2) is 26.7 Å². The molecule has 1 heterocycles. The molecule has 0 spiro atoms. The third-order valence-electron chi connectivity index (χ3n) is 3.72. The third kappa shape index (κ3) is 5.98. The lowest BCUT2D eigenvalue weighted by molar-refractivity contribution is 0.408. The highest BCUT2D eigenvalue weighted by molar-refractivity contribution is 14.0. The summed E-state index contributed by atoms with van der Waals surface area (Å²) in [6.45, 7) is 5.81. The highest BCUT2D eigenvalue weighted by Gasteiger charge is 2.08. The predicted molar refractivity (Wildman–Crippen MR) is 114 cm³/mol. The van der Waals surface area contributed by atoms with Gasteiger partial charge in [-0.15, -0.1) is 35.3 Å². The normalized spacial score (nSPS) is 12.2. The van der Waals surface area contributed by atoms with E-state index >= 15 is 0 Å². The van der Waals surface area contributed by atoms with Gasteiger partial charge >= 0.3 is 0 Å². The summed E-state index contributed by atoms with van der Waals surface area (Å²) in [5, 5.41) is 8.84. The molecule has 0 saturated heterocycles. The van der Waals surface area contributed by atoms with Gasteiger partial charge in [0.25, 0.3) is 0 Å². The fourth-order valence-electron chi connectivity index (χ4n) is 2.32. The maximum absolute atomic E-state index is 5.44. The lowest BCUT2D eigenvalue weighted by Crippen LogP contribution is -2.38. The number of thiophene rings is 1. The van der Waals surface area contributed by atoms with Gasteiger partial charge in [-0.25, -0.2) is 0 Å². The van der Waals surface area contributed by atoms with Gasteiger partial charge in [-0.05, 0) is 30.0 Å².